The zero-order chi connectivity index (χ0) is 23.2. The highest BCUT2D eigenvalue weighted by Gasteiger charge is 2.33. The lowest BCUT2D eigenvalue weighted by molar-refractivity contribution is -0.134. The molecular weight excluding hydrogens is 422 g/mol. The van der Waals surface area contributed by atoms with Crippen LogP contribution in [0.25, 0.3) is 5.69 Å². The third kappa shape index (κ3) is 5.52. The summed E-state index contributed by atoms with van der Waals surface area (Å²) in [5.74, 6) is 0.252. The molecule has 1 amide bonds. The van der Waals surface area contributed by atoms with Gasteiger partial charge in [-0.25, -0.2) is 9.48 Å². The van der Waals surface area contributed by atoms with Crippen LogP contribution in [-0.4, -0.2) is 52.9 Å². The Morgan fingerprint density at radius 2 is 1.82 bits per heavy atom. The summed E-state index contributed by atoms with van der Waals surface area (Å²) in [7, 11) is 1.62. The average Bonchev–Trinajstić information content (AvgIpc) is 3.60. The van der Waals surface area contributed by atoms with Gasteiger partial charge in [0, 0.05) is 12.6 Å². The quantitative estimate of drug-likeness (QED) is 0.440. The van der Waals surface area contributed by atoms with Crippen LogP contribution in [0.5, 0.6) is 11.5 Å². The summed E-state index contributed by atoms with van der Waals surface area (Å²) >= 11 is 0. The minimum absolute atomic E-state index is 0.0432. The summed E-state index contributed by atoms with van der Waals surface area (Å²) in [4.78, 5) is 27.3. The molecule has 3 aromatic rings. The number of rotatable bonds is 10. The van der Waals surface area contributed by atoms with Gasteiger partial charge in [0.1, 0.15) is 5.75 Å². The summed E-state index contributed by atoms with van der Waals surface area (Å²) in [6.45, 7) is 2.24. The van der Waals surface area contributed by atoms with Crippen molar-refractivity contribution in [1.29, 1.82) is 0 Å². The minimum Gasteiger partial charge on any atom is -0.497 e. The van der Waals surface area contributed by atoms with E-state index in [0.29, 0.717) is 6.54 Å². The summed E-state index contributed by atoms with van der Waals surface area (Å²) in [5, 5.41) is 4.33. The van der Waals surface area contributed by atoms with Crippen molar-refractivity contribution in [2.75, 3.05) is 20.3 Å². The lowest BCUT2D eigenvalue weighted by atomic mass is 10.2. The molecule has 0 spiro atoms. The SMILES string of the molecule is CCOC(=O)c1nn(-c2ccccc2)cc1OCC(=O)N(Cc1ccc(OC)cc1)C1CC1. The minimum atomic E-state index is -0.591. The van der Waals surface area contributed by atoms with Crippen LogP contribution in [0.15, 0.2) is 60.8 Å². The van der Waals surface area contributed by atoms with Crippen molar-refractivity contribution >= 4 is 11.9 Å². The molecular formula is C25H27N3O5. The number of amides is 1. The van der Waals surface area contributed by atoms with Gasteiger partial charge in [-0.3, -0.25) is 4.79 Å². The van der Waals surface area contributed by atoms with Crippen LogP contribution in [0.4, 0.5) is 0 Å². The number of carbonyl (C=O) groups excluding carboxylic acids is 2. The lowest BCUT2D eigenvalue weighted by Gasteiger charge is -2.22. The van der Waals surface area contributed by atoms with Crippen LogP contribution in [0, 0.1) is 0 Å². The molecule has 172 valence electrons. The average molecular weight is 450 g/mol. The van der Waals surface area contributed by atoms with E-state index in [-0.39, 0.29) is 36.6 Å². The molecule has 33 heavy (non-hydrogen) atoms. The molecule has 0 unspecified atom stereocenters. The fourth-order valence-electron chi connectivity index (χ4n) is 3.47. The van der Waals surface area contributed by atoms with Crippen LogP contribution in [0.2, 0.25) is 0 Å². The molecule has 0 N–H and O–H groups in total. The third-order valence-corrected chi connectivity index (χ3v) is 5.34. The second-order valence-electron chi connectivity index (χ2n) is 7.73. The fourth-order valence-corrected chi connectivity index (χ4v) is 3.47. The Balaban J connectivity index is 1.48. The second kappa shape index (κ2) is 10.2. The first-order valence-electron chi connectivity index (χ1n) is 11.0. The van der Waals surface area contributed by atoms with Crippen molar-refractivity contribution in [2.24, 2.45) is 0 Å². The number of benzene rings is 2. The predicted molar refractivity (Wildman–Crippen MR) is 122 cm³/mol. The van der Waals surface area contributed by atoms with Crippen LogP contribution in [0.1, 0.15) is 35.8 Å². The normalized spacial score (nSPS) is 12.8. The number of nitrogens with zero attached hydrogens (tertiary/aromatic N) is 3. The number of para-hydroxylation sites is 1. The Labute approximate surface area is 192 Å². The van der Waals surface area contributed by atoms with Gasteiger partial charge in [0.15, 0.2) is 12.4 Å². The van der Waals surface area contributed by atoms with Gasteiger partial charge in [0.25, 0.3) is 5.91 Å². The molecule has 0 radical (unpaired) electrons. The molecule has 1 fully saturated rings. The third-order valence-electron chi connectivity index (χ3n) is 5.34. The van der Waals surface area contributed by atoms with E-state index in [1.54, 1.807) is 24.9 Å². The van der Waals surface area contributed by atoms with E-state index < -0.39 is 5.97 Å². The van der Waals surface area contributed by atoms with E-state index in [4.69, 9.17) is 14.2 Å². The van der Waals surface area contributed by atoms with Crippen molar-refractivity contribution < 1.29 is 23.8 Å². The molecule has 2 aromatic carbocycles. The van der Waals surface area contributed by atoms with Crippen molar-refractivity contribution in [3.8, 4) is 17.2 Å². The summed E-state index contributed by atoms with van der Waals surface area (Å²) < 4.78 is 17.7. The Morgan fingerprint density at radius 1 is 1.09 bits per heavy atom. The van der Waals surface area contributed by atoms with Crippen molar-refractivity contribution in [3.05, 3.63) is 72.1 Å². The molecule has 1 heterocycles. The molecule has 8 heteroatoms. The highest BCUT2D eigenvalue weighted by Crippen LogP contribution is 2.29. The van der Waals surface area contributed by atoms with Gasteiger partial charge < -0.3 is 19.1 Å². The van der Waals surface area contributed by atoms with Crippen molar-refractivity contribution in [1.82, 2.24) is 14.7 Å². The van der Waals surface area contributed by atoms with Crippen molar-refractivity contribution in [2.45, 2.75) is 32.4 Å². The van der Waals surface area contributed by atoms with E-state index in [1.165, 1.54) is 0 Å². The molecule has 1 saturated carbocycles. The molecule has 1 aromatic heterocycles. The van der Waals surface area contributed by atoms with E-state index >= 15 is 0 Å². The van der Waals surface area contributed by atoms with Crippen LogP contribution >= 0.6 is 0 Å². The van der Waals surface area contributed by atoms with E-state index in [2.05, 4.69) is 5.10 Å². The van der Waals surface area contributed by atoms with Gasteiger partial charge in [-0.05, 0) is 49.6 Å². The number of ether oxygens (including phenoxy) is 3. The molecule has 0 saturated heterocycles. The Bertz CT molecular complexity index is 1090. The Hall–Kier alpha value is -3.81. The van der Waals surface area contributed by atoms with Crippen LogP contribution < -0.4 is 9.47 Å². The van der Waals surface area contributed by atoms with Crippen LogP contribution in [-0.2, 0) is 16.1 Å². The molecule has 8 nitrogen and oxygen atoms in total. The van der Waals surface area contributed by atoms with Gasteiger partial charge >= 0.3 is 5.97 Å². The standard InChI is InChI=1S/C25H27N3O5/c1-3-32-25(30)24-22(16-28(26-24)20-7-5-4-6-8-20)33-17-23(29)27(19-11-12-19)15-18-9-13-21(31-2)14-10-18/h4-10,13-14,16,19H,3,11-12,15,17H2,1-2H3. The summed E-state index contributed by atoms with van der Waals surface area (Å²) in [6.07, 6.45) is 3.55. The van der Waals surface area contributed by atoms with Crippen molar-refractivity contribution in [3.63, 3.8) is 0 Å². The number of carbonyl (C=O) groups is 2. The second-order valence-corrected chi connectivity index (χ2v) is 7.73. The van der Waals surface area contributed by atoms with Gasteiger partial charge in [-0.15, -0.1) is 0 Å². The topological polar surface area (TPSA) is 82.9 Å². The maximum absolute atomic E-state index is 13.0. The highest BCUT2D eigenvalue weighted by molar-refractivity contribution is 5.90. The highest BCUT2D eigenvalue weighted by atomic mass is 16.5. The zero-order valence-corrected chi connectivity index (χ0v) is 18.8. The monoisotopic (exact) mass is 449 g/mol. The smallest absolute Gasteiger partial charge is 0.362 e. The summed E-state index contributed by atoms with van der Waals surface area (Å²) in [6, 6.07) is 17.2. The van der Waals surface area contributed by atoms with Gasteiger partial charge in [-0.2, -0.15) is 5.10 Å². The Kier molecular flexibility index (Phi) is 6.92. The molecule has 0 atom stereocenters. The molecule has 1 aliphatic rings. The zero-order valence-electron chi connectivity index (χ0n) is 18.8. The largest absolute Gasteiger partial charge is 0.497 e. The van der Waals surface area contributed by atoms with E-state index in [1.807, 2.05) is 59.5 Å². The maximum atomic E-state index is 13.0. The summed E-state index contributed by atoms with van der Waals surface area (Å²) in [5.41, 5.74) is 1.82. The number of methoxy groups -OCH3 is 1. The van der Waals surface area contributed by atoms with E-state index in [0.717, 1.165) is 29.8 Å². The molecule has 4 rings (SSSR count). The number of aromatic nitrogens is 2. The Morgan fingerprint density at radius 3 is 2.45 bits per heavy atom. The van der Waals surface area contributed by atoms with Gasteiger partial charge in [-0.1, -0.05) is 30.3 Å². The van der Waals surface area contributed by atoms with E-state index in [9.17, 15) is 9.59 Å². The first-order valence-corrected chi connectivity index (χ1v) is 11.0. The number of hydrogen-bond donors (Lipinski definition) is 0. The number of hydrogen-bond acceptors (Lipinski definition) is 6. The first-order chi connectivity index (χ1) is 16.1. The van der Waals surface area contributed by atoms with Gasteiger partial charge in [0.2, 0.25) is 5.69 Å². The molecule has 1 aliphatic carbocycles. The predicted octanol–water partition coefficient (Wildman–Crippen LogP) is 3.63. The number of esters is 1. The molecule has 0 bridgehead atoms. The maximum Gasteiger partial charge on any atom is 0.362 e. The molecule has 0 aliphatic heterocycles. The van der Waals surface area contributed by atoms with Crippen LogP contribution in [0.3, 0.4) is 0 Å². The first kappa shape index (κ1) is 22.4. The lowest BCUT2D eigenvalue weighted by Crippen LogP contribution is -2.36. The fraction of sp³-hybridized carbons (Fsp3) is 0.320. The van der Waals surface area contributed by atoms with Gasteiger partial charge in [0.05, 0.1) is 25.6 Å².